The van der Waals surface area contributed by atoms with E-state index in [1.54, 1.807) is 32.1 Å². The molecule has 0 aliphatic carbocycles. The highest BCUT2D eigenvalue weighted by molar-refractivity contribution is 7.07. The predicted molar refractivity (Wildman–Crippen MR) is 152 cm³/mol. The van der Waals surface area contributed by atoms with E-state index < -0.39 is 12.0 Å². The molecule has 10 heteroatoms. The summed E-state index contributed by atoms with van der Waals surface area (Å²) in [6.07, 6.45) is 1.61. The number of para-hydroxylation sites is 1. The van der Waals surface area contributed by atoms with Crippen LogP contribution in [-0.4, -0.2) is 37.0 Å². The minimum absolute atomic E-state index is 0.113. The Balaban J connectivity index is 1.96. The molecule has 1 atom stereocenters. The molecule has 0 N–H and O–H groups in total. The molecule has 8 nitrogen and oxygen atoms in total. The molecule has 206 valence electrons. The number of hydrogen-bond donors (Lipinski definition) is 0. The molecule has 39 heavy (non-hydrogen) atoms. The molecule has 3 aromatic rings. The Kier molecular flexibility index (Phi) is 8.82. The highest BCUT2D eigenvalue weighted by atomic mass is 35.5. The van der Waals surface area contributed by atoms with Crippen molar-refractivity contribution < 1.29 is 23.7 Å². The highest BCUT2D eigenvalue weighted by Gasteiger charge is 2.35. The molecule has 1 aromatic heterocycles. The van der Waals surface area contributed by atoms with Crippen molar-refractivity contribution in [3.8, 4) is 17.2 Å². The molecule has 1 aliphatic heterocycles. The summed E-state index contributed by atoms with van der Waals surface area (Å²) in [5.41, 5.74) is 1.80. The fourth-order valence-corrected chi connectivity index (χ4v) is 5.73. The third kappa shape index (κ3) is 5.74. The Morgan fingerprint density at radius 2 is 1.92 bits per heavy atom. The van der Waals surface area contributed by atoms with Crippen molar-refractivity contribution in [2.24, 2.45) is 4.99 Å². The standard InChI is InChI=1S/C29H31ClN2O6S/c1-7-36-26-20(30)13-18(14-22(26)35-6)15-23-27(33)32-25(19-11-9-10-12-21(19)38-16(3)4)24(28(34)37-8-2)17(5)31-29(32)39-23/h9-16,25H,7-8H2,1-6H3/b23-15+/t25-/m0/s1. The van der Waals surface area contributed by atoms with Gasteiger partial charge in [0.25, 0.3) is 5.56 Å². The topological polar surface area (TPSA) is 88.4 Å². The zero-order valence-electron chi connectivity index (χ0n) is 22.7. The van der Waals surface area contributed by atoms with E-state index in [0.29, 0.717) is 60.6 Å². The van der Waals surface area contributed by atoms with Crippen LogP contribution < -0.4 is 29.1 Å². The van der Waals surface area contributed by atoms with Crippen molar-refractivity contribution in [1.29, 1.82) is 0 Å². The number of ether oxygens (including phenoxy) is 4. The second kappa shape index (κ2) is 12.1. The summed E-state index contributed by atoms with van der Waals surface area (Å²) in [6.45, 7) is 9.81. The van der Waals surface area contributed by atoms with E-state index in [9.17, 15) is 9.59 Å². The van der Waals surface area contributed by atoms with E-state index in [1.165, 1.54) is 23.0 Å². The average Bonchev–Trinajstić information content (AvgIpc) is 3.19. The number of carbonyl (C=O) groups is 1. The van der Waals surface area contributed by atoms with Crippen molar-refractivity contribution in [3.05, 3.63) is 83.5 Å². The number of esters is 1. The number of methoxy groups -OCH3 is 1. The van der Waals surface area contributed by atoms with E-state index in [0.717, 1.165) is 0 Å². The Morgan fingerprint density at radius 1 is 1.18 bits per heavy atom. The molecule has 4 rings (SSSR count). The Morgan fingerprint density at radius 3 is 2.59 bits per heavy atom. The van der Waals surface area contributed by atoms with E-state index in [2.05, 4.69) is 4.99 Å². The van der Waals surface area contributed by atoms with E-state index in [1.807, 2.05) is 45.0 Å². The van der Waals surface area contributed by atoms with Crippen LogP contribution in [0.15, 0.2) is 57.5 Å². The fraction of sp³-hybridized carbons (Fsp3) is 0.345. The molecular formula is C29H31ClN2O6S. The largest absolute Gasteiger partial charge is 0.493 e. The maximum Gasteiger partial charge on any atom is 0.338 e. The Labute approximate surface area is 235 Å². The van der Waals surface area contributed by atoms with Gasteiger partial charge in [-0.1, -0.05) is 41.1 Å². The molecule has 2 heterocycles. The van der Waals surface area contributed by atoms with Crippen LogP contribution in [-0.2, 0) is 9.53 Å². The summed E-state index contributed by atoms with van der Waals surface area (Å²) in [5.74, 6) is 0.949. The SMILES string of the molecule is CCOC(=O)C1=C(C)N=c2s/c(=C/c3cc(Cl)c(OCC)c(OC)c3)c(=O)n2[C@H]1c1ccccc1OC(C)C. The molecular weight excluding hydrogens is 540 g/mol. The van der Waals surface area contributed by atoms with E-state index in [4.69, 9.17) is 30.5 Å². The maximum atomic E-state index is 14.0. The third-order valence-corrected chi connectivity index (χ3v) is 7.20. The summed E-state index contributed by atoms with van der Waals surface area (Å²) in [7, 11) is 1.53. The Hall–Kier alpha value is -3.56. The molecule has 1 aliphatic rings. The molecule has 0 bridgehead atoms. The number of nitrogens with zero attached hydrogens (tertiary/aromatic N) is 2. The number of carbonyl (C=O) groups excluding carboxylic acids is 1. The van der Waals surface area contributed by atoms with Crippen LogP contribution in [0.25, 0.3) is 6.08 Å². The van der Waals surface area contributed by atoms with Gasteiger partial charge in [0.15, 0.2) is 16.3 Å². The van der Waals surface area contributed by atoms with Gasteiger partial charge in [-0.05, 0) is 64.5 Å². The van der Waals surface area contributed by atoms with Crippen LogP contribution >= 0.6 is 22.9 Å². The molecule has 0 radical (unpaired) electrons. The second-order valence-electron chi connectivity index (χ2n) is 8.97. The summed E-state index contributed by atoms with van der Waals surface area (Å²) >= 11 is 7.69. The van der Waals surface area contributed by atoms with Gasteiger partial charge >= 0.3 is 5.97 Å². The molecule has 0 spiro atoms. The van der Waals surface area contributed by atoms with Gasteiger partial charge in [-0.15, -0.1) is 0 Å². The lowest BCUT2D eigenvalue weighted by molar-refractivity contribution is -0.139. The van der Waals surface area contributed by atoms with Crippen LogP contribution in [0.2, 0.25) is 5.02 Å². The molecule has 0 saturated heterocycles. The summed E-state index contributed by atoms with van der Waals surface area (Å²) in [6, 6.07) is 10.1. The average molecular weight is 571 g/mol. The number of rotatable bonds is 9. The van der Waals surface area contributed by atoms with Crippen LogP contribution in [0, 0.1) is 0 Å². The number of allylic oxidation sites excluding steroid dienone is 1. The quantitative estimate of drug-likeness (QED) is 0.348. The first kappa shape index (κ1) is 28.4. The van der Waals surface area contributed by atoms with Gasteiger partial charge in [0.2, 0.25) is 0 Å². The van der Waals surface area contributed by atoms with Gasteiger partial charge in [0, 0.05) is 5.56 Å². The van der Waals surface area contributed by atoms with Gasteiger partial charge in [0.05, 0.1) is 47.3 Å². The van der Waals surface area contributed by atoms with Crippen LogP contribution in [0.5, 0.6) is 17.2 Å². The zero-order valence-corrected chi connectivity index (χ0v) is 24.3. The number of aromatic nitrogens is 1. The minimum Gasteiger partial charge on any atom is -0.493 e. The van der Waals surface area contributed by atoms with Crippen molar-refractivity contribution in [2.75, 3.05) is 20.3 Å². The lowest BCUT2D eigenvalue weighted by Gasteiger charge is -2.26. The van der Waals surface area contributed by atoms with E-state index >= 15 is 0 Å². The second-order valence-corrected chi connectivity index (χ2v) is 10.4. The van der Waals surface area contributed by atoms with Gasteiger partial charge in [-0.2, -0.15) is 0 Å². The minimum atomic E-state index is -0.782. The smallest absolute Gasteiger partial charge is 0.338 e. The first-order chi connectivity index (χ1) is 18.7. The maximum absolute atomic E-state index is 14.0. The Bertz CT molecular complexity index is 1600. The van der Waals surface area contributed by atoms with Crippen LogP contribution in [0.3, 0.4) is 0 Å². The van der Waals surface area contributed by atoms with E-state index in [-0.39, 0.29) is 18.3 Å². The predicted octanol–water partition coefficient (Wildman–Crippen LogP) is 4.65. The third-order valence-electron chi connectivity index (χ3n) is 5.93. The normalized spacial score (nSPS) is 15.2. The number of hydrogen-bond acceptors (Lipinski definition) is 8. The first-order valence-corrected chi connectivity index (χ1v) is 13.8. The lowest BCUT2D eigenvalue weighted by Crippen LogP contribution is -2.40. The molecule has 2 aromatic carbocycles. The monoisotopic (exact) mass is 570 g/mol. The summed E-state index contributed by atoms with van der Waals surface area (Å²) in [5, 5.41) is 0.369. The summed E-state index contributed by atoms with van der Waals surface area (Å²) in [4.78, 5) is 32.3. The van der Waals surface area contributed by atoms with Gasteiger partial charge in [-0.3, -0.25) is 9.36 Å². The zero-order chi connectivity index (χ0) is 28.3. The van der Waals surface area contributed by atoms with Gasteiger partial charge < -0.3 is 18.9 Å². The molecule has 0 fully saturated rings. The van der Waals surface area contributed by atoms with Crippen molar-refractivity contribution in [2.45, 2.75) is 46.8 Å². The fourth-order valence-electron chi connectivity index (χ4n) is 4.41. The van der Waals surface area contributed by atoms with Gasteiger partial charge in [0.1, 0.15) is 11.8 Å². The van der Waals surface area contributed by atoms with Crippen molar-refractivity contribution >= 4 is 35.0 Å². The molecule has 0 amide bonds. The summed E-state index contributed by atoms with van der Waals surface area (Å²) < 4.78 is 24.5. The number of thiazole rings is 1. The molecule has 0 saturated carbocycles. The van der Waals surface area contributed by atoms with Gasteiger partial charge in [-0.25, -0.2) is 9.79 Å². The first-order valence-electron chi connectivity index (χ1n) is 12.7. The van der Waals surface area contributed by atoms with Crippen molar-refractivity contribution in [3.63, 3.8) is 0 Å². The number of benzene rings is 2. The lowest BCUT2D eigenvalue weighted by atomic mass is 9.95. The van der Waals surface area contributed by atoms with Crippen LogP contribution in [0.1, 0.15) is 51.8 Å². The highest BCUT2D eigenvalue weighted by Crippen LogP contribution is 2.37. The number of halogens is 1. The molecule has 0 unspecified atom stereocenters. The van der Waals surface area contributed by atoms with Crippen molar-refractivity contribution in [1.82, 2.24) is 4.57 Å². The number of fused-ring (bicyclic) bond motifs is 1. The van der Waals surface area contributed by atoms with Crippen LogP contribution in [0.4, 0.5) is 0 Å².